The fourth-order valence-electron chi connectivity index (χ4n) is 1.88. The number of carbonyl (C=O) groups excluding carboxylic acids is 1. The molecule has 1 aromatic rings. The molecule has 0 heterocycles. The molecule has 0 saturated carbocycles. The molecule has 1 aromatic carbocycles. The highest BCUT2D eigenvalue weighted by molar-refractivity contribution is 6.33. The van der Waals surface area contributed by atoms with Crippen molar-refractivity contribution < 1.29 is 18.0 Å². The highest BCUT2D eigenvalue weighted by Gasteiger charge is 2.31. The molecule has 22 heavy (non-hydrogen) atoms. The van der Waals surface area contributed by atoms with E-state index in [-0.39, 0.29) is 16.8 Å². The van der Waals surface area contributed by atoms with Gasteiger partial charge in [0.2, 0.25) is 5.91 Å². The molecule has 0 aromatic heterocycles. The van der Waals surface area contributed by atoms with E-state index in [4.69, 9.17) is 11.6 Å². The minimum atomic E-state index is -4.45. The minimum absolute atomic E-state index is 0.0418. The molecule has 0 spiro atoms. The molecule has 1 N–H and O–H groups in total. The molecule has 0 aliphatic rings. The maximum Gasteiger partial charge on any atom is 0.416 e. The highest BCUT2D eigenvalue weighted by atomic mass is 35.5. The van der Waals surface area contributed by atoms with Crippen LogP contribution in [-0.2, 0) is 11.0 Å². The Morgan fingerprint density at radius 2 is 1.95 bits per heavy atom. The molecule has 1 rings (SSSR count). The number of nitrogens with one attached hydrogen (secondary N) is 1. The van der Waals surface area contributed by atoms with Crippen LogP contribution in [0.1, 0.15) is 26.3 Å². The zero-order chi connectivity index (χ0) is 17.1. The van der Waals surface area contributed by atoms with Gasteiger partial charge < -0.3 is 10.2 Å². The van der Waals surface area contributed by atoms with Crippen LogP contribution in [0.2, 0.25) is 5.02 Å². The second-order valence-electron chi connectivity index (χ2n) is 5.41. The average Bonchev–Trinajstić information content (AvgIpc) is 2.42. The van der Waals surface area contributed by atoms with Crippen molar-refractivity contribution in [2.75, 3.05) is 18.9 Å². The Balaban J connectivity index is 3.03. The average molecular weight is 337 g/mol. The number of alkyl halides is 3. The van der Waals surface area contributed by atoms with Gasteiger partial charge in [-0.2, -0.15) is 13.2 Å². The Hall–Kier alpha value is -1.43. The molecule has 0 bridgehead atoms. The van der Waals surface area contributed by atoms with E-state index in [0.717, 1.165) is 12.1 Å². The first-order chi connectivity index (χ1) is 10.1. The summed E-state index contributed by atoms with van der Waals surface area (Å²) in [6.45, 7) is 6.11. The van der Waals surface area contributed by atoms with Gasteiger partial charge in [-0.3, -0.25) is 4.79 Å². The second kappa shape index (κ2) is 7.22. The molecule has 0 aliphatic heterocycles. The Labute approximate surface area is 133 Å². The van der Waals surface area contributed by atoms with E-state index in [1.54, 1.807) is 11.9 Å². The van der Waals surface area contributed by atoms with Gasteiger partial charge in [-0.1, -0.05) is 25.4 Å². The molecular weight excluding hydrogens is 317 g/mol. The quantitative estimate of drug-likeness (QED) is 0.870. The first-order valence-electron chi connectivity index (χ1n) is 6.96. The summed E-state index contributed by atoms with van der Waals surface area (Å²) in [7, 11) is 1.67. The van der Waals surface area contributed by atoms with Crippen molar-refractivity contribution >= 4 is 23.2 Å². The van der Waals surface area contributed by atoms with Gasteiger partial charge in [0.15, 0.2) is 0 Å². The van der Waals surface area contributed by atoms with Crippen molar-refractivity contribution in [3.63, 3.8) is 0 Å². The van der Waals surface area contributed by atoms with Crippen LogP contribution in [0, 0.1) is 5.92 Å². The standard InChI is InChI=1S/C15H20ClF3N2O/c1-5-21(4)14(22)13(9(2)3)20-12-7-6-10(8-11(12)16)15(17,18)19/h6-9,13,20H,5H2,1-4H3/t13-/m0/s1. The van der Waals surface area contributed by atoms with Gasteiger partial charge >= 0.3 is 6.18 Å². The van der Waals surface area contributed by atoms with Crippen molar-refractivity contribution in [3.8, 4) is 0 Å². The first kappa shape index (κ1) is 18.6. The van der Waals surface area contributed by atoms with Gasteiger partial charge in [0.05, 0.1) is 16.3 Å². The summed E-state index contributed by atoms with van der Waals surface area (Å²) >= 11 is 5.91. The van der Waals surface area contributed by atoms with Crippen LogP contribution < -0.4 is 5.32 Å². The SMILES string of the molecule is CCN(C)C(=O)[C@@H](Nc1ccc(C(F)(F)F)cc1Cl)C(C)C. The molecule has 3 nitrogen and oxygen atoms in total. The van der Waals surface area contributed by atoms with Crippen LogP contribution in [0.15, 0.2) is 18.2 Å². The van der Waals surface area contributed by atoms with Crippen molar-refractivity contribution in [2.24, 2.45) is 5.92 Å². The van der Waals surface area contributed by atoms with Crippen LogP contribution in [0.3, 0.4) is 0 Å². The molecule has 7 heteroatoms. The molecule has 0 aliphatic carbocycles. The fourth-order valence-corrected chi connectivity index (χ4v) is 2.12. The third kappa shape index (κ3) is 4.53. The van der Waals surface area contributed by atoms with Crippen LogP contribution in [-0.4, -0.2) is 30.4 Å². The Kier molecular flexibility index (Phi) is 6.11. The Morgan fingerprint density at radius 1 is 1.36 bits per heavy atom. The summed E-state index contributed by atoms with van der Waals surface area (Å²) in [5.41, 5.74) is -0.507. The maximum atomic E-state index is 12.6. The fraction of sp³-hybridized carbons (Fsp3) is 0.533. The van der Waals surface area contributed by atoms with E-state index in [1.807, 2.05) is 20.8 Å². The lowest BCUT2D eigenvalue weighted by atomic mass is 10.0. The van der Waals surface area contributed by atoms with Gasteiger partial charge in [0, 0.05) is 13.6 Å². The summed E-state index contributed by atoms with van der Waals surface area (Å²) in [6.07, 6.45) is -4.45. The smallest absolute Gasteiger partial charge is 0.372 e. The number of benzene rings is 1. The lowest BCUT2D eigenvalue weighted by Gasteiger charge is -2.27. The van der Waals surface area contributed by atoms with E-state index in [1.165, 1.54) is 6.07 Å². The monoisotopic (exact) mass is 336 g/mol. The zero-order valence-corrected chi connectivity index (χ0v) is 13.7. The third-order valence-electron chi connectivity index (χ3n) is 3.39. The molecular formula is C15H20ClF3N2O. The van der Waals surface area contributed by atoms with E-state index in [2.05, 4.69) is 5.32 Å². The zero-order valence-electron chi connectivity index (χ0n) is 13.0. The summed E-state index contributed by atoms with van der Waals surface area (Å²) in [5.74, 6) is -0.173. The minimum Gasteiger partial charge on any atom is -0.372 e. The molecule has 1 atom stereocenters. The first-order valence-corrected chi connectivity index (χ1v) is 7.34. The van der Waals surface area contributed by atoms with Crippen LogP contribution in [0.25, 0.3) is 0 Å². The third-order valence-corrected chi connectivity index (χ3v) is 3.70. The van der Waals surface area contributed by atoms with Crippen molar-refractivity contribution in [2.45, 2.75) is 33.0 Å². The van der Waals surface area contributed by atoms with E-state index in [9.17, 15) is 18.0 Å². The number of hydrogen-bond acceptors (Lipinski definition) is 2. The topological polar surface area (TPSA) is 32.3 Å². The van der Waals surface area contributed by atoms with Crippen LogP contribution in [0.5, 0.6) is 0 Å². The lowest BCUT2D eigenvalue weighted by Crippen LogP contribution is -2.43. The second-order valence-corrected chi connectivity index (χ2v) is 5.82. The van der Waals surface area contributed by atoms with E-state index >= 15 is 0 Å². The van der Waals surface area contributed by atoms with Crippen molar-refractivity contribution in [3.05, 3.63) is 28.8 Å². The largest absolute Gasteiger partial charge is 0.416 e. The number of rotatable bonds is 5. The number of hydrogen-bond donors (Lipinski definition) is 1. The van der Waals surface area contributed by atoms with Crippen molar-refractivity contribution in [1.29, 1.82) is 0 Å². The van der Waals surface area contributed by atoms with Crippen LogP contribution in [0.4, 0.5) is 18.9 Å². The van der Waals surface area contributed by atoms with Gasteiger partial charge in [-0.15, -0.1) is 0 Å². The summed E-state index contributed by atoms with van der Waals surface area (Å²) in [5, 5.41) is 2.89. The van der Waals surface area contributed by atoms with Crippen molar-refractivity contribution in [1.82, 2.24) is 4.90 Å². The van der Waals surface area contributed by atoms with E-state index in [0.29, 0.717) is 12.2 Å². The molecule has 0 saturated heterocycles. The Bertz CT molecular complexity index is 532. The summed E-state index contributed by atoms with van der Waals surface area (Å²) < 4.78 is 37.9. The van der Waals surface area contributed by atoms with E-state index < -0.39 is 17.8 Å². The van der Waals surface area contributed by atoms with Gasteiger partial charge in [0.25, 0.3) is 0 Å². The summed E-state index contributed by atoms with van der Waals surface area (Å²) in [4.78, 5) is 13.8. The predicted octanol–water partition coefficient (Wildman–Crippen LogP) is 4.27. The number of carbonyl (C=O) groups is 1. The number of likely N-dealkylation sites (N-methyl/N-ethyl adjacent to an activating group) is 1. The normalized spacial score (nSPS) is 13.1. The molecule has 0 unspecified atom stereocenters. The molecule has 1 amide bonds. The molecule has 0 fully saturated rings. The Morgan fingerprint density at radius 3 is 2.36 bits per heavy atom. The predicted molar refractivity (Wildman–Crippen MR) is 82.0 cm³/mol. The van der Waals surface area contributed by atoms with Gasteiger partial charge in [0.1, 0.15) is 6.04 Å². The highest BCUT2D eigenvalue weighted by Crippen LogP contribution is 2.34. The lowest BCUT2D eigenvalue weighted by molar-refractivity contribution is -0.137. The number of nitrogens with zero attached hydrogens (tertiary/aromatic N) is 1. The molecule has 124 valence electrons. The number of anilines is 1. The van der Waals surface area contributed by atoms with Gasteiger partial charge in [-0.05, 0) is 31.0 Å². The maximum absolute atomic E-state index is 12.6. The number of amides is 1. The molecule has 0 radical (unpaired) electrons. The number of halogens is 4. The summed E-state index contributed by atoms with van der Waals surface area (Å²) in [6, 6.07) is 2.49. The van der Waals surface area contributed by atoms with Crippen LogP contribution >= 0.6 is 11.6 Å². The van der Waals surface area contributed by atoms with Gasteiger partial charge in [-0.25, -0.2) is 0 Å².